The van der Waals surface area contributed by atoms with Gasteiger partial charge in [-0.05, 0) is 24.3 Å². The van der Waals surface area contributed by atoms with Crippen molar-refractivity contribution in [3.63, 3.8) is 0 Å². The molecule has 0 saturated heterocycles. The number of ether oxygens (including phenoxy) is 1. The second-order valence-corrected chi connectivity index (χ2v) is 5.47. The molecular formula is C19H19NO2. The zero-order chi connectivity index (χ0) is 15.2. The van der Waals surface area contributed by atoms with E-state index in [1.54, 1.807) is 0 Å². The van der Waals surface area contributed by atoms with Crippen molar-refractivity contribution in [1.82, 2.24) is 5.32 Å². The van der Waals surface area contributed by atoms with Crippen LogP contribution in [0.1, 0.15) is 19.3 Å². The highest BCUT2D eigenvalue weighted by Gasteiger charge is 2.24. The SMILES string of the molecule is O=C(NCC#CCOc1cccc2ccccc12)C1CCC1. The summed E-state index contributed by atoms with van der Waals surface area (Å²) in [6.45, 7) is 0.724. The Labute approximate surface area is 130 Å². The third-order valence-corrected chi connectivity index (χ3v) is 4.00. The maximum absolute atomic E-state index is 11.6. The van der Waals surface area contributed by atoms with Gasteiger partial charge in [0.25, 0.3) is 0 Å². The average molecular weight is 293 g/mol. The van der Waals surface area contributed by atoms with E-state index in [1.165, 1.54) is 6.42 Å². The van der Waals surface area contributed by atoms with E-state index in [4.69, 9.17) is 4.74 Å². The van der Waals surface area contributed by atoms with Crippen LogP contribution in [0.3, 0.4) is 0 Å². The lowest BCUT2D eigenvalue weighted by Crippen LogP contribution is -2.34. The predicted octanol–water partition coefficient (Wildman–Crippen LogP) is 3.14. The summed E-state index contributed by atoms with van der Waals surface area (Å²) in [6.07, 6.45) is 3.20. The minimum absolute atomic E-state index is 0.135. The van der Waals surface area contributed by atoms with Crippen molar-refractivity contribution in [2.75, 3.05) is 13.2 Å². The van der Waals surface area contributed by atoms with Gasteiger partial charge in [-0.3, -0.25) is 4.79 Å². The molecule has 0 spiro atoms. The lowest BCUT2D eigenvalue weighted by molar-refractivity contribution is -0.127. The van der Waals surface area contributed by atoms with Crippen LogP contribution >= 0.6 is 0 Å². The van der Waals surface area contributed by atoms with Crippen molar-refractivity contribution in [2.45, 2.75) is 19.3 Å². The van der Waals surface area contributed by atoms with Crippen LogP contribution in [0, 0.1) is 17.8 Å². The van der Waals surface area contributed by atoms with Gasteiger partial charge in [-0.2, -0.15) is 0 Å². The summed E-state index contributed by atoms with van der Waals surface area (Å²) in [7, 11) is 0. The minimum Gasteiger partial charge on any atom is -0.480 e. The summed E-state index contributed by atoms with van der Waals surface area (Å²) >= 11 is 0. The Balaban J connectivity index is 1.48. The minimum atomic E-state index is 0.135. The van der Waals surface area contributed by atoms with Crippen molar-refractivity contribution in [1.29, 1.82) is 0 Å². The molecular weight excluding hydrogens is 274 g/mol. The molecule has 0 radical (unpaired) electrons. The maximum Gasteiger partial charge on any atom is 0.223 e. The maximum atomic E-state index is 11.6. The Morgan fingerprint density at radius 3 is 2.77 bits per heavy atom. The first-order valence-electron chi connectivity index (χ1n) is 7.68. The van der Waals surface area contributed by atoms with E-state index in [2.05, 4.69) is 29.3 Å². The van der Waals surface area contributed by atoms with E-state index in [0.29, 0.717) is 13.2 Å². The van der Waals surface area contributed by atoms with Crippen LogP contribution in [0.4, 0.5) is 0 Å². The first kappa shape index (κ1) is 14.5. The molecule has 0 heterocycles. The van der Waals surface area contributed by atoms with Crippen molar-refractivity contribution in [3.8, 4) is 17.6 Å². The molecule has 1 aliphatic carbocycles. The lowest BCUT2D eigenvalue weighted by atomic mass is 9.85. The Kier molecular flexibility index (Phi) is 4.60. The normalized spacial score (nSPS) is 13.8. The molecule has 112 valence electrons. The third kappa shape index (κ3) is 3.40. The Morgan fingerprint density at radius 2 is 1.95 bits per heavy atom. The fraction of sp³-hybridized carbons (Fsp3) is 0.316. The van der Waals surface area contributed by atoms with Gasteiger partial charge in [0.05, 0.1) is 6.54 Å². The number of hydrogen-bond acceptors (Lipinski definition) is 2. The molecule has 2 aromatic carbocycles. The number of rotatable bonds is 4. The lowest BCUT2D eigenvalue weighted by Gasteiger charge is -2.23. The molecule has 1 N–H and O–H groups in total. The zero-order valence-corrected chi connectivity index (χ0v) is 12.5. The van der Waals surface area contributed by atoms with Gasteiger partial charge in [0.2, 0.25) is 5.91 Å². The highest BCUT2D eigenvalue weighted by molar-refractivity contribution is 5.88. The Bertz CT molecular complexity index is 718. The molecule has 3 rings (SSSR count). The van der Waals surface area contributed by atoms with Gasteiger partial charge < -0.3 is 10.1 Å². The van der Waals surface area contributed by atoms with E-state index < -0.39 is 0 Å². The van der Waals surface area contributed by atoms with Crippen molar-refractivity contribution in [2.24, 2.45) is 5.92 Å². The molecule has 22 heavy (non-hydrogen) atoms. The highest BCUT2D eigenvalue weighted by Crippen LogP contribution is 2.26. The van der Waals surface area contributed by atoms with Crippen LogP contribution in [0.2, 0.25) is 0 Å². The monoisotopic (exact) mass is 293 g/mol. The van der Waals surface area contributed by atoms with E-state index in [1.807, 2.05) is 30.3 Å². The number of amides is 1. The van der Waals surface area contributed by atoms with Gasteiger partial charge >= 0.3 is 0 Å². The fourth-order valence-electron chi connectivity index (χ4n) is 2.50. The van der Waals surface area contributed by atoms with Crippen LogP contribution in [0.25, 0.3) is 10.8 Å². The fourth-order valence-corrected chi connectivity index (χ4v) is 2.50. The first-order chi connectivity index (χ1) is 10.8. The predicted molar refractivity (Wildman–Crippen MR) is 87.6 cm³/mol. The molecule has 1 aliphatic rings. The molecule has 3 nitrogen and oxygen atoms in total. The van der Waals surface area contributed by atoms with Gasteiger partial charge in [-0.15, -0.1) is 0 Å². The Hall–Kier alpha value is -2.47. The van der Waals surface area contributed by atoms with Crippen LogP contribution in [0.15, 0.2) is 42.5 Å². The van der Waals surface area contributed by atoms with E-state index in [9.17, 15) is 4.79 Å². The van der Waals surface area contributed by atoms with E-state index in [0.717, 1.165) is 29.4 Å². The zero-order valence-electron chi connectivity index (χ0n) is 12.5. The highest BCUT2D eigenvalue weighted by atomic mass is 16.5. The molecule has 3 heteroatoms. The topological polar surface area (TPSA) is 38.3 Å². The summed E-state index contributed by atoms with van der Waals surface area (Å²) in [6, 6.07) is 14.1. The number of hydrogen-bond donors (Lipinski definition) is 1. The van der Waals surface area contributed by atoms with Crippen LogP contribution in [0.5, 0.6) is 5.75 Å². The summed E-state index contributed by atoms with van der Waals surface area (Å²) in [5.74, 6) is 7.06. The first-order valence-corrected chi connectivity index (χ1v) is 7.68. The van der Waals surface area contributed by atoms with Crippen molar-refractivity contribution in [3.05, 3.63) is 42.5 Å². The molecule has 0 unspecified atom stereocenters. The largest absolute Gasteiger partial charge is 0.480 e. The standard InChI is InChI=1S/C19H19NO2/c21-19(16-9-5-10-16)20-13-3-4-14-22-18-12-6-8-15-7-1-2-11-17(15)18/h1-2,6-8,11-12,16H,5,9-10,13-14H2,(H,20,21). The van der Waals surface area contributed by atoms with Gasteiger partial charge in [0, 0.05) is 11.3 Å². The summed E-state index contributed by atoms with van der Waals surface area (Å²) in [5, 5.41) is 5.09. The average Bonchev–Trinajstić information content (AvgIpc) is 2.49. The number of fused-ring (bicyclic) bond motifs is 1. The summed E-state index contributed by atoms with van der Waals surface area (Å²) < 4.78 is 5.72. The second-order valence-electron chi connectivity index (χ2n) is 5.47. The summed E-state index contributed by atoms with van der Waals surface area (Å²) in [5.41, 5.74) is 0. The van der Waals surface area contributed by atoms with Gasteiger partial charge in [-0.25, -0.2) is 0 Å². The number of benzene rings is 2. The van der Waals surface area contributed by atoms with E-state index in [-0.39, 0.29) is 11.8 Å². The van der Waals surface area contributed by atoms with Crippen molar-refractivity contribution >= 4 is 16.7 Å². The molecule has 1 fully saturated rings. The smallest absolute Gasteiger partial charge is 0.223 e. The molecule has 1 amide bonds. The molecule has 0 aliphatic heterocycles. The van der Waals surface area contributed by atoms with Gasteiger partial charge in [0.1, 0.15) is 12.4 Å². The quantitative estimate of drug-likeness (QED) is 0.880. The Morgan fingerprint density at radius 1 is 1.14 bits per heavy atom. The second kappa shape index (κ2) is 7.00. The summed E-state index contributed by atoms with van der Waals surface area (Å²) in [4.78, 5) is 11.6. The molecule has 0 atom stereocenters. The number of carbonyl (C=O) groups is 1. The molecule has 0 aromatic heterocycles. The number of nitrogens with one attached hydrogen (secondary N) is 1. The van der Waals surface area contributed by atoms with Gasteiger partial charge in [0.15, 0.2) is 0 Å². The van der Waals surface area contributed by atoms with Crippen LogP contribution < -0.4 is 10.1 Å². The van der Waals surface area contributed by atoms with Gasteiger partial charge in [-0.1, -0.05) is 54.7 Å². The van der Waals surface area contributed by atoms with Crippen LogP contribution in [-0.4, -0.2) is 19.1 Å². The molecule has 0 bridgehead atoms. The molecule has 1 saturated carbocycles. The molecule has 2 aromatic rings. The van der Waals surface area contributed by atoms with E-state index >= 15 is 0 Å². The third-order valence-electron chi connectivity index (χ3n) is 4.00. The van der Waals surface area contributed by atoms with Crippen molar-refractivity contribution < 1.29 is 9.53 Å². The van der Waals surface area contributed by atoms with Crippen LogP contribution in [-0.2, 0) is 4.79 Å². The number of carbonyl (C=O) groups excluding carboxylic acids is 1.